The van der Waals surface area contributed by atoms with E-state index in [9.17, 15) is 14.7 Å². The van der Waals surface area contributed by atoms with Crippen LogP contribution in [0.15, 0.2) is 48.5 Å². The highest BCUT2D eigenvalue weighted by Crippen LogP contribution is 2.33. The number of fused-ring (bicyclic) bond motifs is 1. The van der Waals surface area contributed by atoms with Gasteiger partial charge in [-0.15, -0.1) is 0 Å². The molecule has 2 aromatic carbocycles. The van der Waals surface area contributed by atoms with E-state index in [1.54, 1.807) is 48.5 Å². The molecule has 1 aliphatic heterocycles. The molecule has 5 nitrogen and oxygen atoms in total. The van der Waals surface area contributed by atoms with E-state index in [0.717, 1.165) is 4.90 Å². The van der Waals surface area contributed by atoms with Crippen LogP contribution in [0.4, 0.5) is 0 Å². The maximum absolute atomic E-state index is 12.3. The summed E-state index contributed by atoms with van der Waals surface area (Å²) < 4.78 is 5.16. The predicted molar refractivity (Wildman–Crippen MR) is 74.9 cm³/mol. The van der Waals surface area contributed by atoms with Crippen LogP contribution in [0.25, 0.3) is 0 Å². The molecule has 1 unspecified atom stereocenters. The first kappa shape index (κ1) is 13.3. The summed E-state index contributed by atoms with van der Waals surface area (Å²) in [7, 11) is 1.47. The van der Waals surface area contributed by atoms with E-state index >= 15 is 0 Å². The average molecular weight is 283 g/mol. The normalized spacial score (nSPS) is 15.0. The first-order valence-corrected chi connectivity index (χ1v) is 6.43. The molecule has 0 spiro atoms. The standard InChI is InChI=1S/C16H13NO4/c1-21-13-9-5-4-8-12(13)16(20)17-14(18)10-6-2-3-7-11(10)15(17)19/h2-9,16,20H,1H3. The van der Waals surface area contributed by atoms with Gasteiger partial charge in [0.1, 0.15) is 5.75 Å². The third-order valence-electron chi connectivity index (χ3n) is 3.49. The topological polar surface area (TPSA) is 66.8 Å². The van der Waals surface area contributed by atoms with Crippen molar-refractivity contribution in [2.75, 3.05) is 7.11 Å². The zero-order valence-corrected chi connectivity index (χ0v) is 11.3. The number of hydrogen-bond acceptors (Lipinski definition) is 4. The van der Waals surface area contributed by atoms with Gasteiger partial charge in [-0.2, -0.15) is 0 Å². The van der Waals surface area contributed by atoms with Crippen molar-refractivity contribution in [3.8, 4) is 5.75 Å². The van der Waals surface area contributed by atoms with E-state index in [1.165, 1.54) is 7.11 Å². The molecule has 0 aromatic heterocycles. The Morgan fingerprint density at radius 1 is 0.952 bits per heavy atom. The van der Waals surface area contributed by atoms with Crippen LogP contribution in [0.1, 0.15) is 32.5 Å². The molecule has 1 heterocycles. The van der Waals surface area contributed by atoms with Gasteiger partial charge in [0, 0.05) is 5.56 Å². The number of methoxy groups -OCH3 is 1. The van der Waals surface area contributed by atoms with E-state index < -0.39 is 18.0 Å². The molecule has 2 aromatic rings. The number of rotatable bonds is 3. The summed E-state index contributed by atoms with van der Waals surface area (Å²) >= 11 is 0. The second kappa shape index (κ2) is 5.03. The van der Waals surface area contributed by atoms with Crippen molar-refractivity contribution in [3.05, 3.63) is 65.2 Å². The largest absolute Gasteiger partial charge is 0.496 e. The summed E-state index contributed by atoms with van der Waals surface area (Å²) in [5.41, 5.74) is 0.974. The Hall–Kier alpha value is -2.66. The van der Waals surface area contributed by atoms with Gasteiger partial charge in [-0.25, -0.2) is 4.90 Å². The fraction of sp³-hybridized carbons (Fsp3) is 0.125. The summed E-state index contributed by atoms with van der Waals surface area (Å²) in [5, 5.41) is 10.4. The van der Waals surface area contributed by atoms with Crippen LogP contribution in [-0.2, 0) is 0 Å². The van der Waals surface area contributed by atoms with Gasteiger partial charge >= 0.3 is 0 Å². The number of para-hydroxylation sites is 1. The van der Waals surface area contributed by atoms with E-state index in [-0.39, 0.29) is 0 Å². The number of carbonyl (C=O) groups is 2. The molecule has 2 amide bonds. The Labute approximate surface area is 121 Å². The van der Waals surface area contributed by atoms with Crippen molar-refractivity contribution < 1.29 is 19.4 Å². The maximum Gasteiger partial charge on any atom is 0.263 e. The lowest BCUT2D eigenvalue weighted by Crippen LogP contribution is -2.34. The van der Waals surface area contributed by atoms with Crippen molar-refractivity contribution in [1.29, 1.82) is 0 Å². The van der Waals surface area contributed by atoms with Crippen LogP contribution in [-0.4, -0.2) is 28.9 Å². The SMILES string of the molecule is COc1ccccc1C(O)N1C(=O)c2ccccc2C1=O. The summed E-state index contributed by atoms with van der Waals surface area (Å²) in [6, 6.07) is 13.3. The maximum atomic E-state index is 12.3. The minimum atomic E-state index is -1.38. The predicted octanol–water partition coefficient (Wildman–Crippen LogP) is 1.98. The molecule has 3 rings (SSSR count). The van der Waals surface area contributed by atoms with Gasteiger partial charge in [-0.05, 0) is 18.2 Å². The molecule has 0 radical (unpaired) electrons. The van der Waals surface area contributed by atoms with Crippen LogP contribution < -0.4 is 4.74 Å². The van der Waals surface area contributed by atoms with Gasteiger partial charge < -0.3 is 9.84 Å². The second-order valence-corrected chi connectivity index (χ2v) is 4.64. The van der Waals surface area contributed by atoms with E-state index in [0.29, 0.717) is 22.4 Å². The number of hydrogen-bond donors (Lipinski definition) is 1. The molecule has 21 heavy (non-hydrogen) atoms. The monoisotopic (exact) mass is 283 g/mol. The number of imide groups is 1. The molecule has 0 bridgehead atoms. The average Bonchev–Trinajstić information content (AvgIpc) is 2.78. The van der Waals surface area contributed by atoms with E-state index in [2.05, 4.69) is 0 Å². The molecular weight excluding hydrogens is 270 g/mol. The van der Waals surface area contributed by atoms with Gasteiger partial charge in [-0.1, -0.05) is 30.3 Å². The van der Waals surface area contributed by atoms with Crippen LogP contribution in [0.5, 0.6) is 5.75 Å². The number of benzene rings is 2. The minimum absolute atomic E-state index is 0.302. The molecule has 0 saturated carbocycles. The fourth-order valence-electron chi connectivity index (χ4n) is 2.45. The number of aliphatic hydroxyl groups is 1. The lowest BCUT2D eigenvalue weighted by Gasteiger charge is -2.22. The molecule has 0 saturated heterocycles. The number of nitrogens with zero attached hydrogens (tertiary/aromatic N) is 1. The van der Waals surface area contributed by atoms with Crippen LogP contribution in [0, 0.1) is 0 Å². The Morgan fingerprint density at radius 3 is 2.05 bits per heavy atom. The van der Waals surface area contributed by atoms with Crippen molar-refractivity contribution in [2.24, 2.45) is 0 Å². The highest BCUT2D eigenvalue weighted by Gasteiger charge is 2.40. The third kappa shape index (κ3) is 1.98. The smallest absolute Gasteiger partial charge is 0.263 e. The molecular formula is C16H13NO4. The lowest BCUT2D eigenvalue weighted by atomic mass is 10.1. The molecule has 1 aliphatic rings. The van der Waals surface area contributed by atoms with E-state index in [4.69, 9.17) is 4.74 Å². The van der Waals surface area contributed by atoms with Crippen LogP contribution in [0.2, 0.25) is 0 Å². The second-order valence-electron chi connectivity index (χ2n) is 4.64. The zero-order chi connectivity index (χ0) is 15.0. The lowest BCUT2D eigenvalue weighted by molar-refractivity contribution is 0.0121. The number of ether oxygens (including phenoxy) is 1. The van der Waals surface area contributed by atoms with Gasteiger partial charge in [0.2, 0.25) is 0 Å². The Kier molecular flexibility index (Phi) is 3.19. The van der Waals surface area contributed by atoms with Gasteiger partial charge in [0.15, 0.2) is 6.23 Å². The molecule has 1 atom stereocenters. The minimum Gasteiger partial charge on any atom is -0.496 e. The fourth-order valence-corrected chi connectivity index (χ4v) is 2.45. The number of aliphatic hydroxyl groups excluding tert-OH is 1. The van der Waals surface area contributed by atoms with Gasteiger partial charge in [0.05, 0.1) is 18.2 Å². The van der Waals surface area contributed by atoms with Gasteiger partial charge in [-0.3, -0.25) is 9.59 Å². The van der Waals surface area contributed by atoms with Crippen molar-refractivity contribution in [1.82, 2.24) is 4.90 Å². The Morgan fingerprint density at radius 2 is 1.48 bits per heavy atom. The summed E-state index contributed by atoms with van der Waals surface area (Å²) in [4.78, 5) is 25.5. The zero-order valence-electron chi connectivity index (χ0n) is 11.3. The molecule has 0 aliphatic carbocycles. The molecule has 1 N–H and O–H groups in total. The van der Waals surface area contributed by atoms with Crippen LogP contribution in [0.3, 0.4) is 0 Å². The Bertz CT molecular complexity index is 691. The highest BCUT2D eigenvalue weighted by molar-refractivity contribution is 6.21. The molecule has 5 heteroatoms. The first-order chi connectivity index (χ1) is 10.1. The molecule has 106 valence electrons. The summed E-state index contributed by atoms with van der Waals surface area (Å²) in [5.74, 6) is -0.593. The summed E-state index contributed by atoms with van der Waals surface area (Å²) in [6.45, 7) is 0. The quantitative estimate of drug-likeness (QED) is 0.875. The number of carbonyl (C=O) groups excluding carboxylic acids is 2. The number of amides is 2. The van der Waals surface area contributed by atoms with E-state index in [1.807, 2.05) is 0 Å². The highest BCUT2D eigenvalue weighted by atomic mass is 16.5. The first-order valence-electron chi connectivity index (χ1n) is 6.43. The Balaban J connectivity index is 2.02. The van der Waals surface area contributed by atoms with Crippen molar-refractivity contribution >= 4 is 11.8 Å². The van der Waals surface area contributed by atoms with Gasteiger partial charge in [0.25, 0.3) is 11.8 Å². The third-order valence-corrected chi connectivity index (χ3v) is 3.49. The van der Waals surface area contributed by atoms with Crippen LogP contribution >= 0.6 is 0 Å². The molecule has 0 fully saturated rings. The summed E-state index contributed by atoms with van der Waals surface area (Å²) in [6.07, 6.45) is -1.38. The van der Waals surface area contributed by atoms with Crippen molar-refractivity contribution in [2.45, 2.75) is 6.23 Å². The van der Waals surface area contributed by atoms with Crippen molar-refractivity contribution in [3.63, 3.8) is 0 Å².